The number of rotatable bonds is 6. The maximum Gasteiger partial charge on any atom is 0.422 e. The van der Waals surface area contributed by atoms with Gasteiger partial charge >= 0.3 is 6.18 Å². The molecule has 11 heteroatoms. The molecule has 0 bridgehead atoms. The first-order valence-electron chi connectivity index (χ1n) is 8.55. The van der Waals surface area contributed by atoms with E-state index in [-0.39, 0.29) is 28.5 Å². The highest BCUT2D eigenvalue weighted by Crippen LogP contribution is 2.34. The van der Waals surface area contributed by atoms with Gasteiger partial charge in [0.15, 0.2) is 16.4 Å². The quantitative estimate of drug-likeness (QED) is 0.602. The van der Waals surface area contributed by atoms with Gasteiger partial charge in [0.25, 0.3) is 5.56 Å². The molecule has 3 rings (SSSR count). The van der Waals surface area contributed by atoms with Crippen molar-refractivity contribution in [3.8, 4) is 22.7 Å². The summed E-state index contributed by atoms with van der Waals surface area (Å²) in [6, 6.07) is 4.17. The fourth-order valence-electron chi connectivity index (χ4n) is 2.84. The zero-order chi connectivity index (χ0) is 21.4. The van der Waals surface area contributed by atoms with Gasteiger partial charge in [-0.15, -0.1) is 0 Å². The highest BCUT2D eigenvalue weighted by atomic mass is 32.2. The van der Waals surface area contributed by atoms with E-state index in [0.29, 0.717) is 11.3 Å². The van der Waals surface area contributed by atoms with Crippen molar-refractivity contribution in [2.45, 2.75) is 18.9 Å². The van der Waals surface area contributed by atoms with Gasteiger partial charge in [-0.05, 0) is 17.7 Å². The molecule has 0 aromatic heterocycles. The van der Waals surface area contributed by atoms with Crippen molar-refractivity contribution in [1.29, 1.82) is 0 Å². The maximum absolute atomic E-state index is 12.7. The number of ether oxygens (including phenoxy) is 1. The van der Waals surface area contributed by atoms with E-state index < -0.39 is 28.2 Å². The van der Waals surface area contributed by atoms with Crippen molar-refractivity contribution < 1.29 is 26.3 Å². The number of benzene rings is 1. The summed E-state index contributed by atoms with van der Waals surface area (Å²) >= 11 is 0. The van der Waals surface area contributed by atoms with Gasteiger partial charge in [-0.25, -0.2) is 8.42 Å². The fourth-order valence-corrected chi connectivity index (χ4v) is 3.74. The first-order chi connectivity index (χ1) is 13.5. The first kappa shape index (κ1) is 20.9. The van der Waals surface area contributed by atoms with E-state index in [1.807, 2.05) is 0 Å². The summed E-state index contributed by atoms with van der Waals surface area (Å²) in [6.07, 6.45) is -0.173. The molecule has 1 aromatic carbocycles. The van der Waals surface area contributed by atoms with Crippen LogP contribution in [0.1, 0.15) is 12.5 Å². The number of nitrogens with zero attached hydrogens (tertiary/aromatic N) is 3. The summed E-state index contributed by atoms with van der Waals surface area (Å²) in [5, 5.41) is 0. The summed E-state index contributed by atoms with van der Waals surface area (Å²) in [5.74, 6) is -0.427. The van der Waals surface area contributed by atoms with Crippen LogP contribution in [0, 0.1) is 0 Å². The molecule has 0 aliphatic carbocycles. The van der Waals surface area contributed by atoms with Crippen molar-refractivity contribution in [3.05, 3.63) is 52.8 Å². The smallest absolute Gasteiger partial charge is 0.422 e. The van der Waals surface area contributed by atoms with Crippen LogP contribution in [-0.4, -0.2) is 41.1 Å². The number of alkyl halides is 3. The minimum Gasteiger partial charge on any atom is -0.483 e. The zero-order valence-corrected chi connectivity index (χ0v) is 16.4. The minimum absolute atomic E-state index is 0.0692. The first-order valence-corrected chi connectivity index (χ1v) is 10.4. The summed E-state index contributed by atoms with van der Waals surface area (Å²) in [5.41, 5.74) is 0.677. The molecule has 0 spiro atoms. The SMILES string of the molecule is CCS(=O)(=O)Cc1ccc(OCC(F)(F)F)c(-c2cn(C)cc3c(=O)ncn2-3)c1. The normalized spacial score (nSPS) is 12.4. The van der Waals surface area contributed by atoms with Gasteiger partial charge in [-0.2, -0.15) is 18.2 Å². The molecule has 0 radical (unpaired) electrons. The van der Waals surface area contributed by atoms with Gasteiger partial charge in [-0.3, -0.25) is 9.36 Å². The Morgan fingerprint density at radius 2 is 1.93 bits per heavy atom. The topological polar surface area (TPSA) is 83.2 Å². The van der Waals surface area contributed by atoms with Crippen molar-refractivity contribution in [3.63, 3.8) is 0 Å². The molecule has 0 saturated heterocycles. The van der Waals surface area contributed by atoms with Crippen LogP contribution in [-0.2, 0) is 22.6 Å². The Morgan fingerprint density at radius 1 is 1.21 bits per heavy atom. The van der Waals surface area contributed by atoms with E-state index in [1.165, 1.54) is 42.2 Å². The van der Waals surface area contributed by atoms with Crippen LogP contribution >= 0.6 is 0 Å². The second-order valence-electron chi connectivity index (χ2n) is 6.52. The average molecular weight is 429 g/mol. The molecule has 2 heterocycles. The Morgan fingerprint density at radius 3 is 2.59 bits per heavy atom. The summed E-state index contributed by atoms with van der Waals surface area (Å²) in [4.78, 5) is 15.7. The van der Waals surface area contributed by atoms with E-state index in [9.17, 15) is 26.4 Å². The number of hydrogen-bond donors (Lipinski definition) is 0. The van der Waals surface area contributed by atoms with E-state index in [1.54, 1.807) is 17.8 Å². The van der Waals surface area contributed by atoms with E-state index in [0.717, 1.165) is 0 Å². The van der Waals surface area contributed by atoms with Gasteiger partial charge < -0.3 is 9.30 Å². The molecule has 0 amide bonds. The lowest BCUT2D eigenvalue weighted by Crippen LogP contribution is -2.20. The molecule has 29 heavy (non-hydrogen) atoms. The van der Waals surface area contributed by atoms with E-state index in [4.69, 9.17) is 4.74 Å². The number of sulfone groups is 1. The molecule has 7 nitrogen and oxygen atoms in total. The van der Waals surface area contributed by atoms with Gasteiger partial charge in [0.05, 0.1) is 11.4 Å². The second kappa shape index (κ2) is 7.54. The Hall–Kier alpha value is -2.82. The third-order valence-electron chi connectivity index (χ3n) is 4.22. The van der Waals surface area contributed by atoms with Gasteiger partial charge in [-0.1, -0.05) is 13.0 Å². The molecule has 2 aliphatic heterocycles. The predicted octanol–water partition coefficient (Wildman–Crippen LogP) is 2.55. The highest BCUT2D eigenvalue weighted by molar-refractivity contribution is 7.90. The van der Waals surface area contributed by atoms with Crippen molar-refractivity contribution in [2.75, 3.05) is 12.4 Å². The zero-order valence-electron chi connectivity index (χ0n) is 15.6. The Labute approximate surface area is 164 Å². The predicted molar refractivity (Wildman–Crippen MR) is 100 cm³/mol. The van der Waals surface area contributed by atoms with Crippen LogP contribution in [0.2, 0.25) is 0 Å². The fraction of sp³-hybridized carbons (Fsp3) is 0.333. The number of halogens is 3. The molecule has 0 saturated carbocycles. The monoisotopic (exact) mass is 429 g/mol. The van der Waals surface area contributed by atoms with Crippen LogP contribution in [0.5, 0.6) is 5.75 Å². The summed E-state index contributed by atoms with van der Waals surface area (Å²) in [7, 11) is -1.71. The summed E-state index contributed by atoms with van der Waals surface area (Å²) < 4.78 is 70.0. The molecule has 0 unspecified atom stereocenters. The van der Waals surface area contributed by atoms with Crippen LogP contribution in [0.3, 0.4) is 0 Å². The minimum atomic E-state index is -4.55. The standard InChI is InChI=1S/C18H18F3N3O4S/c1-3-29(26,27)9-12-4-5-16(28-10-18(19,20)21)13(6-12)14-7-23(2)8-15-17(25)22-11-24(14)15/h4-8,11H,3,9-10H2,1-2H3. The maximum atomic E-state index is 12.7. The third kappa shape index (κ3) is 4.78. The van der Waals surface area contributed by atoms with E-state index >= 15 is 0 Å². The number of fused-ring (bicyclic) bond motifs is 1. The molecular weight excluding hydrogens is 411 g/mol. The highest BCUT2D eigenvalue weighted by Gasteiger charge is 2.29. The van der Waals surface area contributed by atoms with E-state index in [2.05, 4.69) is 4.98 Å². The molecule has 0 atom stereocenters. The van der Waals surface area contributed by atoms with Crippen molar-refractivity contribution in [2.24, 2.45) is 7.05 Å². The van der Waals surface area contributed by atoms with Crippen molar-refractivity contribution in [1.82, 2.24) is 14.1 Å². The molecule has 156 valence electrons. The lowest BCUT2D eigenvalue weighted by Gasteiger charge is -2.18. The summed E-state index contributed by atoms with van der Waals surface area (Å²) in [6.45, 7) is 0.00446. The molecule has 1 aromatic rings. The van der Waals surface area contributed by atoms with Crippen molar-refractivity contribution >= 4 is 9.84 Å². The van der Waals surface area contributed by atoms with Gasteiger partial charge in [0.1, 0.15) is 17.8 Å². The number of aromatic nitrogens is 3. The number of aryl methyl sites for hydroxylation is 1. The molecule has 0 fully saturated rings. The lowest BCUT2D eigenvalue weighted by atomic mass is 10.1. The Kier molecular flexibility index (Phi) is 5.44. The average Bonchev–Trinajstić information content (AvgIpc) is 3.00. The number of imidazole rings is 1. The second-order valence-corrected chi connectivity index (χ2v) is 8.88. The molecular formula is C18H18F3N3O4S. The van der Waals surface area contributed by atoms with Crippen LogP contribution in [0.25, 0.3) is 16.9 Å². The van der Waals surface area contributed by atoms with Crippen LogP contribution in [0.4, 0.5) is 13.2 Å². The number of hydrogen-bond acceptors (Lipinski definition) is 5. The van der Waals surface area contributed by atoms with Gasteiger partial charge in [0, 0.05) is 30.8 Å². The van der Waals surface area contributed by atoms with Gasteiger partial charge in [0.2, 0.25) is 0 Å². The Balaban J connectivity index is 2.17. The largest absolute Gasteiger partial charge is 0.483 e. The molecule has 0 N–H and O–H groups in total. The lowest BCUT2D eigenvalue weighted by molar-refractivity contribution is -0.153. The van der Waals surface area contributed by atoms with Crippen LogP contribution in [0.15, 0.2) is 41.7 Å². The van der Waals surface area contributed by atoms with Crippen LogP contribution < -0.4 is 10.3 Å². The third-order valence-corrected chi connectivity index (χ3v) is 5.87. The Bertz CT molecular complexity index is 1170. The molecule has 2 aliphatic rings.